The van der Waals surface area contributed by atoms with Gasteiger partial charge in [-0.15, -0.1) is 0 Å². The van der Waals surface area contributed by atoms with Crippen LogP contribution in [-0.4, -0.2) is 45.3 Å². The molecule has 1 aromatic heterocycles. The molecule has 2 atom stereocenters. The van der Waals surface area contributed by atoms with Crippen LogP contribution in [-0.2, 0) is 11.2 Å². The van der Waals surface area contributed by atoms with Crippen molar-refractivity contribution >= 4 is 5.91 Å². The molecule has 5 rings (SSSR count). The Balaban J connectivity index is 1.48. The summed E-state index contributed by atoms with van der Waals surface area (Å²) in [5, 5.41) is 23.1. The number of hydrogen-bond donors (Lipinski definition) is 1. The van der Waals surface area contributed by atoms with Gasteiger partial charge in [-0.05, 0) is 61.6 Å². The van der Waals surface area contributed by atoms with Gasteiger partial charge in [-0.2, -0.15) is 10.2 Å². The first kappa shape index (κ1) is 21.2. The number of nitrogens with zero attached hydrogens (tertiary/aromatic N) is 4. The highest BCUT2D eigenvalue weighted by Crippen LogP contribution is 2.49. The second-order valence-corrected chi connectivity index (χ2v) is 8.71. The standard InChI is InChI=1S/C25H24N4O4/c1-14(2)32-21-7-6-15(10-17(21)13-26)24-27-25(33-28-24)19-5-3-4-18-20(19)11-16-12-22(31)29(8-9-30)23(16)18/h3-7,10,14,16,23,30H,8-9,11-12H2,1-2H3/t16?,23-/m0/s1. The molecule has 1 saturated heterocycles. The van der Waals surface area contributed by atoms with Crippen LogP contribution in [0.4, 0.5) is 0 Å². The van der Waals surface area contributed by atoms with Gasteiger partial charge in [0.25, 0.3) is 5.89 Å². The molecule has 8 nitrogen and oxygen atoms in total. The van der Waals surface area contributed by atoms with E-state index in [2.05, 4.69) is 16.2 Å². The van der Waals surface area contributed by atoms with E-state index in [4.69, 9.17) is 9.26 Å². The molecule has 0 radical (unpaired) electrons. The van der Waals surface area contributed by atoms with Gasteiger partial charge in [0.1, 0.15) is 11.8 Å². The van der Waals surface area contributed by atoms with Gasteiger partial charge in [0.15, 0.2) is 0 Å². The van der Waals surface area contributed by atoms with Crippen molar-refractivity contribution in [2.45, 2.75) is 38.8 Å². The predicted octanol–water partition coefficient (Wildman–Crippen LogP) is 3.50. The molecule has 33 heavy (non-hydrogen) atoms. The number of rotatable bonds is 6. The average Bonchev–Trinajstić information content (AvgIpc) is 3.49. The van der Waals surface area contributed by atoms with Crippen molar-refractivity contribution in [2.75, 3.05) is 13.2 Å². The molecule has 168 valence electrons. The van der Waals surface area contributed by atoms with Gasteiger partial charge in [0.2, 0.25) is 11.7 Å². The van der Waals surface area contributed by atoms with E-state index in [1.807, 2.05) is 38.1 Å². The van der Waals surface area contributed by atoms with Gasteiger partial charge in [-0.1, -0.05) is 17.3 Å². The van der Waals surface area contributed by atoms with E-state index >= 15 is 0 Å². The maximum Gasteiger partial charge on any atom is 0.258 e. The molecule has 0 saturated carbocycles. The fourth-order valence-electron chi connectivity index (χ4n) is 4.98. The minimum atomic E-state index is -0.0529. The van der Waals surface area contributed by atoms with Crippen LogP contribution in [0.5, 0.6) is 5.75 Å². The predicted molar refractivity (Wildman–Crippen MR) is 119 cm³/mol. The molecule has 2 aromatic carbocycles. The maximum absolute atomic E-state index is 12.4. The van der Waals surface area contributed by atoms with Gasteiger partial charge >= 0.3 is 0 Å². The lowest BCUT2D eigenvalue weighted by atomic mass is 10.0. The minimum Gasteiger partial charge on any atom is -0.490 e. The van der Waals surface area contributed by atoms with Gasteiger partial charge in [0.05, 0.1) is 24.3 Å². The number of carbonyl (C=O) groups excluding carboxylic acids is 1. The average molecular weight is 444 g/mol. The quantitative estimate of drug-likeness (QED) is 0.619. The van der Waals surface area contributed by atoms with Gasteiger partial charge < -0.3 is 19.3 Å². The number of nitriles is 1. The maximum atomic E-state index is 12.4. The van der Waals surface area contributed by atoms with Crippen LogP contribution in [0, 0.1) is 17.2 Å². The first-order valence-corrected chi connectivity index (χ1v) is 11.1. The highest BCUT2D eigenvalue weighted by Gasteiger charge is 2.46. The van der Waals surface area contributed by atoms with Crippen LogP contribution >= 0.6 is 0 Å². The Morgan fingerprint density at radius 3 is 2.91 bits per heavy atom. The van der Waals surface area contributed by atoms with Crippen LogP contribution in [0.2, 0.25) is 0 Å². The summed E-state index contributed by atoms with van der Waals surface area (Å²) in [7, 11) is 0. The number of fused-ring (bicyclic) bond motifs is 3. The van der Waals surface area contributed by atoms with Crippen LogP contribution in [0.25, 0.3) is 22.8 Å². The molecular formula is C25H24N4O4. The Labute approximate surface area is 191 Å². The Kier molecular flexibility index (Phi) is 5.35. The third kappa shape index (κ3) is 3.64. The smallest absolute Gasteiger partial charge is 0.258 e. The van der Waals surface area contributed by atoms with E-state index in [-0.39, 0.29) is 30.6 Å². The van der Waals surface area contributed by atoms with Gasteiger partial charge in [0, 0.05) is 24.1 Å². The lowest BCUT2D eigenvalue weighted by Gasteiger charge is -2.24. The second kappa shape index (κ2) is 8.34. The van der Waals surface area contributed by atoms with E-state index in [1.165, 1.54) is 0 Å². The summed E-state index contributed by atoms with van der Waals surface area (Å²) in [6.07, 6.45) is 1.19. The van der Waals surface area contributed by atoms with Crippen molar-refractivity contribution in [3.63, 3.8) is 0 Å². The first-order chi connectivity index (χ1) is 16.0. The molecule has 1 aliphatic carbocycles. The minimum absolute atomic E-state index is 0.0197. The van der Waals surface area contributed by atoms with Crippen molar-refractivity contribution in [2.24, 2.45) is 5.92 Å². The second-order valence-electron chi connectivity index (χ2n) is 8.71. The fraction of sp³-hybridized carbons (Fsp3) is 0.360. The topological polar surface area (TPSA) is 112 Å². The Morgan fingerprint density at radius 1 is 1.30 bits per heavy atom. The van der Waals surface area contributed by atoms with Crippen LogP contribution in [0.1, 0.15) is 43.0 Å². The molecule has 3 aromatic rings. The molecule has 1 fully saturated rings. The summed E-state index contributed by atoms with van der Waals surface area (Å²) in [6, 6.07) is 13.3. The summed E-state index contributed by atoms with van der Waals surface area (Å²) in [5.41, 5.74) is 4.13. The highest BCUT2D eigenvalue weighted by atomic mass is 16.5. The van der Waals surface area contributed by atoms with Crippen LogP contribution in [0.15, 0.2) is 40.9 Å². The van der Waals surface area contributed by atoms with Gasteiger partial charge in [-0.3, -0.25) is 4.79 Å². The largest absolute Gasteiger partial charge is 0.490 e. The number of β-amino-alcohol motifs (C(OH)–C–C–N with tert-alkyl or cyclic N) is 1. The third-order valence-corrected chi connectivity index (χ3v) is 6.25. The zero-order chi connectivity index (χ0) is 23.1. The molecule has 0 bridgehead atoms. The normalized spacial score (nSPS) is 19.0. The van der Waals surface area contributed by atoms with Crippen molar-refractivity contribution in [3.8, 4) is 34.7 Å². The zero-order valence-corrected chi connectivity index (χ0v) is 18.5. The van der Waals surface area contributed by atoms with E-state index in [1.54, 1.807) is 17.0 Å². The summed E-state index contributed by atoms with van der Waals surface area (Å²) in [4.78, 5) is 18.8. The number of benzene rings is 2. The number of aliphatic hydroxyl groups is 1. The molecule has 1 amide bonds. The van der Waals surface area contributed by atoms with E-state index in [0.717, 1.165) is 23.1 Å². The first-order valence-electron chi connectivity index (χ1n) is 11.1. The molecule has 8 heteroatoms. The van der Waals surface area contributed by atoms with Crippen molar-refractivity contribution in [1.82, 2.24) is 15.0 Å². The Morgan fingerprint density at radius 2 is 2.15 bits per heavy atom. The van der Waals surface area contributed by atoms with E-state index in [0.29, 0.717) is 41.6 Å². The Bertz CT molecular complexity index is 1260. The molecule has 0 spiro atoms. The number of aliphatic hydroxyl groups excluding tert-OH is 1. The summed E-state index contributed by atoms with van der Waals surface area (Å²) < 4.78 is 11.3. The fourth-order valence-corrected chi connectivity index (χ4v) is 4.98. The lowest BCUT2D eigenvalue weighted by Crippen LogP contribution is -2.30. The number of ether oxygens (including phenoxy) is 1. The number of amides is 1. The summed E-state index contributed by atoms with van der Waals surface area (Å²) in [6.45, 7) is 4.10. The number of carbonyl (C=O) groups is 1. The SMILES string of the molecule is CC(C)Oc1ccc(-c2noc(-c3cccc4c3CC3CC(=O)N(CCO)[C@H]43)n2)cc1C#N. The van der Waals surface area contributed by atoms with E-state index in [9.17, 15) is 15.2 Å². The zero-order valence-electron chi connectivity index (χ0n) is 18.5. The summed E-state index contributed by atoms with van der Waals surface area (Å²) >= 11 is 0. The molecule has 1 unspecified atom stereocenters. The number of hydrogen-bond acceptors (Lipinski definition) is 7. The molecule has 1 aliphatic heterocycles. The number of likely N-dealkylation sites (tertiary alicyclic amines) is 1. The van der Waals surface area contributed by atoms with Crippen LogP contribution in [0.3, 0.4) is 0 Å². The number of aromatic nitrogens is 2. The third-order valence-electron chi connectivity index (χ3n) is 6.25. The van der Waals surface area contributed by atoms with E-state index < -0.39 is 0 Å². The van der Waals surface area contributed by atoms with Gasteiger partial charge in [-0.25, -0.2) is 0 Å². The molecular weight excluding hydrogens is 420 g/mol. The monoisotopic (exact) mass is 444 g/mol. The highest BCUT2D eigenvalue weighted by molar-refractivity contribution is 5.81. The lowest BCUT2D eigenvalue weighted by molar-refractivity contribution is -0.129. The molecule has 2 heterocycles. The van der Waals surface area contributed by atoms with Crippen LogP contribution < -0.4 is 4.74 Å². The van der Waals surface area contributed by atoms with Crippen molar-refractivity contribution in [3.05, 3.63) is 53.1 Å². The van der Waals surface area contributed by atoms with Crippen molar-refractivity contribution in [1.29, 1.82) is 5.26 Å². The molecule has 2 aliphatic rings. The Hall–Kier alpha value is -3.70. The molecule has 1 N–H and O–H groups in total. The summed E-state index contributed by atoms with van der Waals surface area (Å²) in [5.74, 6) is 1.60. The van der Waals surface area contributed by atoms with Crippen molar-refractivity contribution < 1.29 is 19.2 Å².